The highest BCUT2D eigenvalue weighted by molar-refractivity contribution is 6.29. The Bertz CT molecular complexity index is 543. The van der Waals surface area contributed by atoms with Gasteiger partial charge in [0, 0.05) is 19.2 Å². The quantitative estimate of drug-likeness (QED) is 0.626. The summed E-state index contributed by atoms with van der Waals surface area (Å²) < 4.78 is 10.4. The molecule has 6 nitrogen and oxygen atoms in total. The SMILES string of the molecule is COC(=O)C(C)(C)Oc1cc(Cl)nc(N2CCC(C)CC2)n1. The Balaban J connectivity index is 2.18. The zero-order valence-electron chi connectivity index (χ0n) is 13.4. The first-order valence-electron chi connectivity index (χ1n) is 7.39. The number of halogens is 1. The highest BCUT2D eigenvalue weighted by Gasteiger charge is 2.32. The van der Waals surface area contributed by atoms with Crippen molar-refractivity contribution in [2.24, 2.45) is 5.92 Å². The molecule has 0 spiro atoms. The minimum Gasteiger partial charge on any atom is -0.466 e. The zero-order valence-corrected chi connectivity index (χ0v) is 14.2. The van der Waals surface area contributed by atoms with Gasteiger partial charge in [0.2, 0.25) is 17.4 Å². The third kappa shape index (κ3) is 4.00. The molecule has 0 radical (unpaired) electrons. The molecule has 0 amide bonds. The van der Waals surface area contributed by atoms with Gasteiger partial charge in [0.15, 0.2) is 0 Å². The molecule has 1 aromatic heterocycles. The fraction of sp³-hybridized carbons (Fsp3) is 0.667. The third-order valence-electron chi connectivity index (χ3n) is 3.76. The van der Waals surface area contributed by atoms with Crippen LogP contribution in [0.2, 0.25) is 5.15 Å². The lowest BCUT2D eigenvalue weighted by Crippen LogP contribution is -2.39. The molecule has 0 atom stereocenters. The fourth-order valence-electron chi connectivity index (χ4n) is 2.34. The molecule has 122 valence electrons. The van der Waals surface area contributed by atoms with Gasteiger partial charge in [-0.15, -0.1) is 0 Å². The Morgan fingerprint density at radius 2 is 2.00 bits per heavy atom. The lowest BCUT2D eigenvalue weighted by molar-refractivity contribution is -0.156. The van der Waals surface area contributed by atoms with Crippen LogP contribution in [0.5, 0.6) is 5.88 Å². The summed E-state index contributed by atoms with van der Waals surface area (Å²) in [4.78, 5) is 22.4. The van der Waals surface area contributed by atoms with Crippen molar-refractivity contribution in [3.63, 3.8) is 0 Å². The van der Waals surface area contributed by atoms with Crippen molar-refractivity contribution in [3.8, 4) is 5.88 Å². The van der Waals surface area contributed by atoms with E-state index in [1.807, 2.05) is 0 Å². The highest BCUT2D eigenvalue weighted by atomic mass is 35.5. The van der Waals surface area contributed by atoms with E-state index in [1.54, 1.807) is 13.8 Å². The number of piperidine rings is 1. The van der Waals surface area contributed by atoms with Crippen LogP contribution < -0.4 is 9.64 Å². The van der Waals surface area contributed by atoms with Crippen molar-refractivity contribution in [2.45, 2.75) is 39.2 Å². The predicted molar refractivity (Wildman–Crippen MR) is 84.4 cm³/mol. The second-order valence-corrected chi connectivity index (χ2v) is 6.49. The summed E-state index contributed by atoms with van der Waals surface area (Å²) in [6.45, 7) is 7.26. The van der Waals surface area contributed by atoms with Crippen LogP contribution >= 0.6 is 11.6 Å². The molecule has 0 unspecified atom stereocenters. The molecule has 2 heterocycles. The van der Waals surface area contributed by atoms with Crippen molar-refractivity contribution < 1.29 is 14.3 Å². The number of hydrogen-bond acceptors (Lipinski definition) is 6. The number of rotatable bonds is 4. The van der Waals surface area contributed by atoms with Crippen LogP contribution in [0.15, 0.2) is 6.07 Å². The van der Waals surface area contributed by atoms with E-state index in [-0.39, 0.29) is 5.88 Å². The maximum absolute atomic E-state index is 11.7. The van der Waals surface area contributed by atoms with Gasteiger partial charge in [-0.3, -0.25) is 0 Å². The van der Waals surface area contributed by atoms with Gasteiger partial charge < -0.3 is 14.4 Å². The summed E-state index contributed by atoms with van der Waals surface area (Å²) in [7, 11) is 1.32. The van der Waals surface area contributed by atoms with E-state index < -0.39 is 11.6 Å². The Labute approximate surface area is 135 Å². The number of ether oxygens (including phenoxy) is 2. The summed E-state index contributed by atoms with van der Waals surface area (Å²) in [6, 6.07) is 1.50. The minimum atomic E-state index is -1.14. The van der Waals surface area contributed by atoms with Crippen molar-refractivity contribution in [1.29, 1.82) is 0 Å². The summed E-state index contributed by atoms with van der Waals surface area (Å²) in [5.74, 6) is 1.04. The van der Waals surface area contributed by atoms with Gasteiger partial charge in [0.05, 0.1) is 7.11 Å². The average Bonchev–Trinajstić information content (AvgIpc) is 2.45. The van der Waals surface area contributed by atoms with Crippen LogP contribution in [-0.2, 0) is 9.53 Å². The summed E-state index contributed by atoms with van der Waals surface area (Å²) in [6.07, 6.45) is 2.19. The van der Waals surface area contributed by atoms with Crippen molar-refractivity contribution in [3.05, 3.63) is 11.2 Å². The van der Waals surface area contributed by atoms with Crippen LogP contribution in [0, 0.1) is 5.92 Å². The van der Waals surface area contributed by atoms with E-state index in [1.165, 1.54) is 13.2 Å². The van der Waals surface area contributed by atoms with Crippen LogP contribution in [0.1, 0.15) is 33.6 Å². The highest BCUT2D eigenvalue weighted by Crippen LogP contribution is 2.26. The van der Waals surface area contributed by atoms with Crippen molar-refractivity contribution in [1.82, 2.24) is 9.97 Å². The van der Waals surface area contributed by atoms with Gasteiger partial charge in [0.25, 0.3) is 0 Å². The Hall–Kier alpha value is -1.56. The monoisotopic (exact) mass is 327 g/mol. The fourth-order valence-corrected chi connectivity index (χ4v) is 2.51. The van der Waals surface area contributed by atoms with E-state index in [0.29, 0.717) is 17.0 Å². The minimum absolute atomic E-state index is 0.268. The molecule has 22 heavy (non-hydrogen) atoms. The average molecular weight is 328 g/mol. The normalized spacial score (nSPS) is 16.5. The molecule has 1 aromatic rings. The molecule has 1 aliphatic heterocycles. The lowest BCUT2D eigenvalue weighted by atomic mass is 10.00. The molecule has 0 bridgehead atoms. The second-order valence-electron chi connectivity index (χ2n) is 6.10. The van der Waals surface area contributed by atoms with E-state index in [9.17, 15) is 4.79 Å². The largest absolute Gasteiger partial charge is 0.466 e. The molecule has 1 saturated heterocycles. The van der Waals surface area contributed by atoms with Crippen LogP contribution in [0.3, 0.4) is 0 Å². The van der Waals surface area contributed by atoms with Gasteiger partial charge in [-0.2, -0.15) is 4.98 Å². The summed E-state index contributed by atoms with van der Waals surface area (Å²) >= 11 is 6.07. The molecule has 0 aliphatic carbocycles. The Morgan fingerprint density at radius 3 is 2.59 bits per heavy atom. The van der Waals surface area contributed by atoms with Crippen LogP contribution in [-0.4, -0.2) is 41.7 Å². The lowest BCUT2D eigenvalue weighted by Gasteiger charge is -2.30. The van der Waals surface area contributed by atoms with Gasteiger partial charge in [-0.05, 0) is 32.6 Å². The molecule has 0 saturated carbocycles. The van der Waals surface area contributed by atoms with E-state index in [0.717, 1.165) is 25.9 Å². The molecular formula is C15H22ClN3O3. The zero-order chi connectivity index (χ0) is 16.3. The Morgan fingerprint density at radius 1 is 1.36 bits per heavy atom. The second kappa shape index (κ2) is 6.69. The van der Waals surface area contributed by atoms with E-state index in [4.69, 9.17) is 21.1 Å². The summed E-state index contributed by atoms with van der Waals surface area (Å²) in [5, 5.41) is 0.291. The van der Waals surface area contributed by atoms with Crippen molar-refractivity contribution in [2.75, 3.05) is 25.1 Å². The first-order chi connectivity index (χ1) is 10.3. The molecule has 1 fully saturated rings. The first-order valence-corrected chi connectivity index (χ1v) is 7.76. The number of aromatic nitrogens is 2. The van der Waals surface area contributed by atoms with Gasteiger partial charge in [0.1, 0.15) is 5.15 Å². The van der Waals surface area contributed by atoms with Crippen LogP contribution in [0.25, 0.3) is 0 Å². The van der Waals surface area contributed by atoms with Gasteiger partial charge >= 0.3 is 5.97 Å². The van der Waals surface area contributed by atoms with E-state index >= 15 is 0 Å². The maximum atomic E-state index is 11.7. The first kappa shape index (κ1) is 16.8. The van der Waals surface area contributed by atoms with Gasteiger partial charge in [-0.25, -0.2) is 9.78 Å². The number of carbonyl (C=O) groups excluding carboxylic acids is 1. The number of methoxy groups -OCH3 is 1. The molecule has 1 aliphatic rings. The molecule has 2 rings (SSSR count). The van der Waals surface area contributed by atoms with Crippen LogP contribution in [0.4, 0.5) is 5.95 Å². The number of carbonyl (C=O) groups is 1. The molecule has 7 heteroatoms. The molecule has 0 aromatic carbocycles. The standard InChI is InChI=1S/C15H22ClN3O3/c1-10-5-7-19(8-6-10)14-17-11(16)9-12(18-14)22-15(2,3)13(20)21-4/h9-10H,5-8H2,1-4H3. The number of hydrogen-bond donors (Lipinski definition) is 0. The van der Waals surface area contributed by atoms with Gasteiger partial charge in [-0.1, -0.05) is 18.5 Å². The molecule has 0 N–H and O–H groups in total. The predicted octanol–water partition coefficient (Wildman–Crippen LogP) is 2.70. The number of anilines is 1. The third-order valence-corrected chi connectivity index (χ3v) is 3.96. The van der Waals surface area contributed by atoms with E-state index in [2.05, 4.69) is 21.8 Å². The molecular weight excluding hydrogens is 306 g/mol. The smallest absolute Gasteiger partial charge is 0.349 e. The number of esters is 1. The Kier molecular flexibility index (Phi) is 5.11. The maximum Gasteiger partial charge on any atom is 0.349 e. The topological polar surface area (TPSA) is 64.6 Å². The van der Waals surface area contributed by atoms with Crippen molar-refractivity contribution >= 4 is 23.5 Å². The summed E-state index contributed by atoms with van der Waals surface area (Å²) in [5.41, 5.74) is -1.14. The number of nitrogens with zero attached hydrogens (tertiary/aromatic N) is 3.